The zero-order valence-electron chi connectivity index (χ0n) is 14.8. The summed E-state index contributed by atoms with van der Waals surface area (Å²) in [6.45, 7) is 7.89. The standard InChI is InChI=1S/C21H26N2O/c1-20(2)11-16-12-21(3,13-20)14-23(16)19(24)22-18-10-6-8-15-7-4-5-9-17(15)18/h4-10,16H,11-14H2,1-3H3,(H,22,24)/t16-,21+/m1/s1. The minimum absolute atomic E-state index is 0.0535. The number of hydrogen-bond donors (Lipinski definition) is 1. The molecule has 1 aliphatic carbocycles. The van der Waals surface area contributed by atoms with E-state index in [9.17, 15) is 4.79 Å². The highest BCUT2D eigenvalue weighted by Crippen LogP contribution is 2.52. The van der Waals surface area contributed by atoms with Gasteiger partial charge in [-0.15, -0.1) is 0 Å². The molecule has 2 aromatic rings. The summed E-state index contributed by atoms with van der Waals surface area (Å²) in [4.78, 5) is 15.0. The number of fused-ring (bicyclic) bond motifs is 3. The summed E-state index contributed by atoms with van der Waals surface area (Å²) in [5.41, 5.74) is 1.50. The molecule has 2 atom stereocenters. The lowest BCUT2D eigenvalue weighted by Gasteiger charge is -2.39. The summed E-state index contributed by atoms with van der Waals surface area (Å²) in [6, 6.07) is 14.7. The average molecular weight is 322 g/mol. The lowest BCUT2D eigenvalue weighted by molar-refractivity contribution is 0.130. The molecule has 2 aromatic carbocycles. The summed E-state index contributed by atoms with van der Waals surface area (Å²) in [5.74, 6) is 0. The number of anilines is 1. The van der Waals surface area contributed by atoms with Gasteiger partial charge in [0.25, 0.3) is 0 Å². The van der Waals surface area contributed by atoms with Gasteiger partial charge in [-0.2, -0.15) is 0 Å². The third-order valence-electron chi connectivity index (χ3n) is 5.71. The molecule has 2 bridgehead atoms. The molecule has 1 saturated carbocycles. The van der Waals surface area contributed by atoms with Crippen LogP contribution in [0, 0.1) is 10.8 Å². The van der Waals surface area contributed by atoms with Gasteiger partial charge in [-0.3, -0.25) is 0 Å². The topological polar surface area (TPSA) is 32.3 Å². The van der Waals surface area contributed by atoms with Crippen molar-refractivity contribution in [2.75, 3.05) is 11.9 Å². The van der Waals surface area contributed by atoms with Crippen LogP contribution in [0.3, 0.4) is 0 Å². The molecule has 24 heavy (non-hydrogen) atoms. The Balaban J connectivity index is 1.59. The second-order valence-electron chi connectivity index (χ2n) is 8.80. The van der Waals surface area contributed by atoms with Gasteiger partial charge in [0.2, 0.25) is 0 Å². The number of carbonyl (C=O) groups excluding carboxylic acids is 1. The summed E-state index contributed by atoms with van der Waals surface area (Å²) >= 11 is 0. The largest absolute Gasteiger partial charge is 0.322 e. The summed E-state index contributed by atoms with van der Waals surface area (Å²) in [6.07, 6.45) is 3.44. The van der Waals surface area contributed by atoms with Crippen LogP contribution in [-0.2, 0) is 0 Å². The minimum atomic E-state index is 0.0535. The number of urea groups is 1. The van der Waals surface area contributed by atoms with Crippen LogP contribution in [-0.4, -0.2) is 23.5 Å². The highest BCUT2D eigenvalue weighted by Gasteiger charge is 2.51. The first-order valence-electron chi connectivity index (χ1n) is 8.91. The predicted octanol–water partition coefficient (Wildman–Crippen LogP) is 5.27. The number of nitrogens with zero attached hydrogens (tertiary/aromatic N) is 1. The molecule has 1 heterocycles. The lowest BCUT2D eigenvalue weighted by atomic mass is 9.65. The van der Waals surface area contributed by atoms with E-state index in [2.05, 4.69) is 49.2 Å². The van der Waals surface area contributed by atoms with Crippen molar-refractivity contribution in [1.82, 2.24) is 4.90 Å². The lowest BCUT2D eigenvalue weighted by Crippen LogP contribution is -2.40. The van der Waals surface area contributed by atoms with Gasteiger partial charge in [-0.1, -0.05) is 57.2 Å². The predicted molar refractivity (Wildman–Crippen MR) is 99.2 cm³/mol. The molecule has 0 radical (unpaired) electrons. The first-order valence-corrected chi connectivity index (χ1v) is 8.91. The van der Waals surface area contributed by atoms with Crippen molar-refractivity contribution in [2.45, 2.75) is 46.1 Å². The Morgan fingerprint density at radius 2 is 1.83 bits per heavy atom. The van der Waals surface area contributed by atoms with Gasteiger partial charge < -0.3 is 10.2 Å². The molecule has 2 aliphatic rings. The second-order valence-corrected chi connectivity index (χ2v) is 8.80. The minimum Gasteiger partial charge on any atom is -0.321 e. The zero-order valence-corrected chi connectivity index (χ0v) is 14.8. The fourth-order valence-corrected chi connectivity index (χ4v) is 5.22. The quantitative estimate of drug-likeness (QED) is 0.762. The third-order valence-corrected chi connectivity index (χ3v) is 5.71. The van der Waals surface area contributed by atoms with Crippen LogP contribution in [0.4, 0.5) is 10.5 Å². The molecule has 0 unspecified atom stereocenters. The van der Waals surface area contributed by atoms with E-state index in [1.165, 1.54) is 6.42 Å². The molecule has 1 N–H and O–H groups in total. The molecule has 3 heteroatoms. The fraction of sp³-hybridized carbons (Fsp3) is 0.476. The molecule has 3 nitrogen and oxygen atoms in total. The monoisotopic (exact) mass is 322 g/mol. The number of nitrogens with one attached hydrogen (secondary N) is 1. The number of rotatable bonds is 1. The van der Waals surface area contributed by atoms with Gasteiger partial charge >= 0.3 is 6.03 Å². The van der Waals surface area contributed by atoms with Gasteiger partial charge in [-0.05, 0) is 41.5 Å². The van der Waals surface area contributed by atoms with Crippen molar-refractivity contribution in [3.8, 4) is 0 Å². The van der Waals surface area contributed by atoms with Crippen LogP contribution >= 0.6 is 0 Å². The van der Waals surface area contributed by atoms with E-state index in [1.54, 1.807) is 0 Å². The summed E-state index contributed by atoms with van der Waals surface area (Å²) in [5, 5.41) is 5.43. The Bertz CT molecular complexity index is 792. The number of hydrogen-bond acceptors (Lipinski definition) is 1. The molecular weight excluding hydrogens is 296 g/mol. The van der Waals surface area contributed by atoms with Crippen molar-refractivity contribution in [3.05, 3.63) is 42.5 Å². The SMILES string of the molecule is CC1(C)C[C@@H]2C[C@](C)(CN2C(=O)Nc2cccc3ccccc23)C1. The number of likely N-dealkylation sites (tertiary alicyclic amines) is 1. The first-order chi connectivity index (χ1) is 11.4. The van der Waals surface area contributed by atoms with Crippen molar-refractivity contribution in [2.24, 2.45) is 10.8 Å². The van der Waals surface area contributed by atoms with Gasteiger partial charge in [-0.25, -0.2) is 4.79 Å². The summed E-state index contributed by atoms with van der Waals surface area (Å²) in [7, 11) is 0. The van der Waals surface area contributed by atoms with E-state index in [0.29, 0.717) is 11.5 Å². The van der Waals surface area contributed by atoms with Crippen LogP contribution < -0.4 is 5.32 Å². The second kappa shape index (κ2) is 5.23. The van der Waals surface area contributed by atoms with Crippen molar-refractivity contribution in [1.29, 1.82) is 0 Å². The highest BCUT2D eigenvalue weighted by atomic mass is 16.2. The molecule has 2 fully saturated rings. The molecule has 1 aliphatic heterocycles. The molecule has 1 saturated heterocycles. The van der Waals surface area contributed by atoms with Gasteiger partial charge in [0.05, 0.1) is 5.69 Å². The normalized spacial score (nSPS) is 28.1. The van der Waals surface area contributed by atoms with Crippen molar-refractivity contribution < 1.29 is 4.79 Å². The molecule has 126 valence electrons. The average Bonchev–Trinajstić information content (AvgIpc) is 2.77. The molecule has 0 spiro atoms. The molecular formula is C21H26N2O. The van der Waals surface area contributed by atoms with Crippen LogP contribution in [0.15, 0.2) is 42.5 Å². The third kappa shape index (κ3) is 2.66. The van der Waals surface area contributed by atoms with E-state index in [-0.39, 0.29) is 11.4 Å². The Hall–Kier alpha value is -2.03. The van der Waals surface area contributed by atoms with Gasteiger partial charge in [0.15, 0.2) is 0 Å². The molecule has 2 amide bonds. The van der Waals surface area contributed by atoms with E-state index >= 15 is 0 Å². The van der Waals surface area contributed by atoms with E-state index < -0.39 is 0 Å². The first kappa shape index (κ1) is 15.5. The molecule has 4 rings (SSSR count). The maximum atomic E-state index is 13.0. The van der Waals surface area contributed by atoms with E-state index in [0.717, 1.165) is 35.8 Å². The van der Waals surface area contributed by atoms with Crippen LogP contribution in [0.2, 0.25) is 0 Å². The van der Waals surface area contributed by atoms with Gasteiger partial charge in [0, 0.05) is 18.0 Å². The smallest absolute Gasteiger partial charge is 0.321 e. The maximum Gasteiger partial charge on any atom is 0.322 e. The van der Waals surface area contributed by atoms with Crippen LogP contribution in [0.25, 0.3) is 10.8 Å². The number of carbonyl (C=O) groups is 1. The van der Waals surface area contributed by atoms with Crippen LogP contribution in [0.1, 0.15) is 40.0 Å². The summed E-state index contributed by atoms with van der Waals surface area (Å²) < 4.78 is 0. The van der Waals surface area contributed by atoms with Crippen LogP contribution in [0.5, 0.6) is 0 Å². The number of amides is 2. The fourth-order valence-electron chi connectivity index (χ4n) is 5.22. The Labute approximate surface area is 144 Å². The zero-order chi connectivity index (χ0) is 16.9. The Kier molecular flexibility index (Phi) is 3.38. The Morgan fingerprint density at radius 1 is 1.08 bits per heavy atom. The van der Waals surface area contributed by atoms with Crippen molar-refractivity contribution >= 4 is 22.5 Å². The van der Waals surface area contributed by atoms with E-state index in [4.69, 9.17) is 0 Å². The maximum absolute atomic E-state index is 13.0. The Morgan fingerprint density at radius 3 is 2.67 bits per heavy atom. The molecule has 0 aromatic heterocycles. The van der Waals surface area contributed by atoms with E-state index in [1.807, 2.05) is 24.3 Å². The van der Waals surface area contributed by atoms with Crippen molar-refractivity contribution in [3.63, 3.8) is 0 Å². The van der Waals surface area contributed by atoms with Gasteiger partial charge in [0.1, 0.15) is 0 Å². The highest BCUT2D eigenvalue weighted by molar-refractivity contribution is 6.01. The number of benzene rings is 2.